The van der Waals surface area contributed by atoms with Gasteiger partial charge in [0.25, 0.3) is 0 Å². The number of pyridine rings is 1. The van der Waals surface area contributed by atoms with Crippen LogP contribution in [-0.2, 0) is 21.8 Å². The van der Waals surface area contributed by atoms with Crippen molar-refractivity contribution >= 4 is 27.7 Å². The van der Waals surface area contributed by atoms with Crippen molar-refractivity contribution in [2.24, 2.45) is 0 Å². The van der Waals surface area contributed by atoms with Gasteiger partial charge in [0.1, 0.15) is 10.9 Å². The van der Waals surface area contributed by atoms with Gasteiger partial charge in [-0.1, -0.05) is 74.4 Å². The molecule has 4 aromatic rings. The van der Waals surface area contributed by atoms with Gasteiger partial charge >= 0.3 is 5.65 Å². The number of hydrogen-bond acceptors (Lipinski definition) is 2. The van der Waals surface area contributed by atoms with Gasteiger partial charge in [-0.3, -0.25) is 0 Å². The second-order valence-corrected chi connectivity index (χ2v) is 12.5. The van der Waals surface area contributed by atoms with Crippen LogP contribution in [0, 0.1) is 0 Å². The summed E-state index contributed by atoms with van der Waals surface area (Å²) in [6.45, 7) is 23.2. The Kier molecular flexibility index (Phi) is 4.43. The van der Waals surface area contributed by atoms with E-state index in [0.717, 1.165) is 30.0 Å². The molecule has 0 fully saturated rings. The minimum absolute atomic E-state index is 0.0439. The van der Waals surface area contributed by atoms with E-state index >= 15 is 0 Å². The van der Waals surface area contributed by atoms with E-state index in [-0.39, 0.29) is 21.8 Å². The van der Waals surface area contributed by atoms with Gasteiger partial charge in [-0.25, -0.2) is 9.55 Å². The van der Waals surface area contributed by atoms with Gasteiger partial charge in [0, 0.05) is 21.9 Å². The predicted octanol–water partition coefficient (Wildman–Crippen LogP) is 6.72. The summed E-state index contributed by atoms with van der Waals surface area (Å²) in [5, 5.41) is 1.22. The minimum Gasteiger partial charge on any atom is -0.232 e. The highest BCUT2D eigenvalue weighted by Crippen LogP contribution is 2.50. The molecule has 174 valence electrons. The van der Waals surface area contributed by atoms with Crippen LogP contribution in [0.2, 0.25) is 0 Å². The highest BCUT2D eigenvalue weighted by molar-refractivity contribution is 5.96. The highest BCUT2D eigenvalue weighted by Gasteiger charge is 2.56. The Labute approximate surface area is 198 Å². The standard InChI is InChI=1S/C29H39N4/c1-11-28(9)18-17-21(26(3,4)5)30-23-22(18)24-32(25(31-23)27(6,7)8)19-15-13-14-16-20(19)33(24)29(28,10)12-2/h13-17H,11-12H2,1-10H3/q+1. The molecule has 0 aliphatic carbocycles. The molecule has 1 aromatic carbocycles. The number of hydrogen-bond donors (Lipinski definition) is 0. The molecule has 0 saturated carbocycles. The maximum absolute atomic E-state index is 5.32. The van der Waals surface area contributed by atoms with Crippen molar-refractivity contribution in [1.29, 1.82) is 0 Å². The first-order valence-corrected chi connectivity index (χ1v) is 12.5. The second kappa shape index (κ2) is 6.55. The third kappa shape index (κ3) is 2.67. The maximum atomic E-state index is 5.32. The molecule has 0 amide bonds. The molecule has 0 N–H and O–H groups in total. The average molecular weight is 444 g/mol. The normalized spacial score (nSPS) is 23.3. The number of imidazole rings is 1. The van der Waals surface area contributed by atoms with Crippen molar-refractivity contribution in [3.8, 4) is 0 Å². The fourth-order valence-corrected chi connectivity index (χ4v) is 6.07. The number of nitrogens with zero attached hydrogens (tertiary/aromatic N) is 4. The Bertz CT molecular complexity index is 1430. The lowest BCUT2D eigenvalue weighted by molar-refractivity contribution is -0.728. The van der Waals surface area contributed by atoms with Crippen molar-refractivity contribution in [2.75, 3.05) is 0 Å². The number of fused-ring (bicyclic) bond motifs is 3. The van der Waals surface area contributed by atoms with Crippen LogP contribution < -0.4 is 4.57 Å². The van der Waals surface area contributed by atoms with Gasteiger partial charge in [-0.15, -0.1) is 0 Å². The van der Waals surface area contributed by atoms with E-state index in [9.17, 15) is 0 Å². The summed E-state index contributed by atoms with van der Waals surface area (Å²) in [4.78, 5) is 10.5. The van der Waals surface area contributed by atoms with E-state index in [4.69, 9.17) is 9.97 Å². The van der Waals surface area contributed by atoms with Crippen LogP contribution in [0.15, 0.2) is 30.3 Å². The van der Waals surface area contributed by atoms with Crippen molar-refractivity contribution in [2.45, 2.75) is 104 Å². The van der Waals surface area contributed by atoms with Gasteiger partial charge in [-0.05, 0) is 43.5 Å². The van der Waals surface area contributed by atoms with E-state index in [2.05, 4.69) is 109 Å². The third-order valence-corrected chi connectivity index (χ3v) is 8.55. The van der Waals surface area contributed by atoms with Crippen LogP contribution in [0.25, 0.3) is 27.7 Å². The second-order valence-electron chi connectivity index (χ2n) is 12.5. The van der Waals surface area contributed by atoms with Crippen molar-refractivity contribution in [3.05, 3.63) is 47.4 Å². The van der Waals surface area contributed by atoms with Crippen molar-refractivity contribution in [1.82, 2.24) is 14.4 Å². The van der Waals surface area contributed by atoms with E-state index in [1.165, 1.54) is 27.6 Å². The molecule has 1 aliphatic heterocycles. The van der Waals surface area contributed by atoms with Crippen LogP contribution in [0.1, 0.15) is 99.2 Å². The summed E-state index contributed by atoms with van der Waals surface area (Å²) in [6, 6.07) is 11.3. The summed E-state index contributed by atoms with van der Waals surface area (Å²) in [6.07, 6.45) is 2.10. The molecule has 0 bridgehead atoms. The smallest absolute Gasteiger partial charge is 0.232 e. The SMILES string of the molecule is CCC1(C)c2cc(C(C)(C)C)nc3nc(C(C)(C)C)n4c5ccccc5[n+](c4c23)C1(C)CC. The fraction of sp³-hybridized carbons (Fsp3) is 0.552. The van der Waals surface area contributed by atoms with Gasteiger partial charge in [0.15, 0.2) is 16.7 Å². The lowest BCUT2D eigenvalue weighted by Crippen LogP contribution is -2.66. The molecule has 2 atom stereocenters. The maximum Gasteiger partial charge on any atom is 0.300 e. The van der Waals surface area contributed by atoms with Crippen LogP contribution in [0.3, 0.4) is 0 Å². The van der Waals surface area contributed by atoms with E-state index in [1.807, 2.05) is 0 Å². The summed E-state index contributed by atoms with van der Waals surface area (Å²) >= 11 is 0. The summed E-state index contributed by atoms with van der Waals surface area (Å²) in [5.41, 5.74) is 6.91. The fourth-order valence-electron chi connectivity index (χ4n) is 6.07. The lowest BCUT2D eigenvalue weighted by Gasteiger charge is -2.47. The van der Waals surface area contributed by atoms with Crippen LogP contribution >= 0.6 is 0 Å². The van der Waals surface area contributed by atoms with Crippen molar-refractivity contribution in [3.63, 3.8) is 0 Å². The Hall–Kier alpha value is -2.49. The molecular formula is C29H39N4+. The molecule has 1 aliphatic rings. The third-order valence-electron chi connectivity index (χ3n) is 8.55. The molecule has 0 radical (unpaired) electrons. The Balaban J connectivity index is 2.18. The molecule has 4 heterocycles. The van der Waals surface area contributed by atoms with Gasteiger partial charge in [0.05, 0.1) is 0 Å². The van der Waals surface area contributed by atoms with Crippen LogP contribution in [0.5, 0.6) is 0 Å². The van der Waals surface area contributed by atoms with Gasteiger partial charge < -0.3 is 0 Å². The quantitative estimate of drug-likeness (QED) is 0.322. The lowest BCUT2D eigenvalue weighted by atomic mass is 9.62. The van der Waals surface area contributed by atoms with Gasteiger partial charge in [0.2, 0.25) is 5.82 Å². The van der Waals surface area contributed by atoms with Crippen molar-refractivity contribution < 1.29 is 4.57 Å². The number of aromatic nitrogens is 4. The molecule has 3 aromatic heterocycles. The van der Waals surface area contributed by atoms with Crippen LogP contribution in [-0.4, -0.2) is 14.4 Å². The predicted molar refractivity (Wildman–Crippen MR) is 137 cm³/mol. The Morgan fingerprint density at radius 1 is 0.909 bits per heavy atom. The summed E-state index contributed by atoms with van der Waals surface area (Å²) in [5.74, 6) is 1.07. The first-order valence-electron chi connectivity index (χ1n) is 12.5. The minimum atomic E-state index is -0.123. The number of para-hydroxylation sites is 2. The zero-order valence-electron chi connectivity index (χ0n) is 22.1. The van der Waals surface area contributed by atoms with E-state index in [1.54, 1.807) is 0 Å². The number of rotatable bonds is 2. The molecule has 0 saturated heterocycles. The number of benzene rings is 1. The topological polar surface area (TPSA) is 34.1 Å². The van der Waals surface area contributed by atoms with Crippen LogP contribution in [0.4, 0.5) is 0 Å². The molecule has 5 rings (SSSR count). The monoisotopic (exact) mass is 443 g/mol. The molecule has 33 heavy (non-hydrogen) atoms. The molecule has 4 heteroatoms. The Morgan fingerprint density at radius 2 is 1.58 bits per heavy atom. The summed E-state index contributed by atoms with van der Waals surface area (Å²) in [7, 11) is 0. The largest absolute Gasteiger partial charge is 0.300 e. The first-order chi connectivity index (χ1) is 15.3. The van der Waals surface area contributed by atoms with E-state index < -0.39 is 0 Å². The van der Waals surface area contributed by atoms with E-state index in [0.29, 0.717) is 0 Å². The summed E-state index contributed by atoms with van der Waals surface area (Å²) < 4.78 is 5.07. The zero-order chi connectivity index (χ0) is 24.1. The molecule has 0 spiro atoms. The molecule has 2 unspecified atom stereocenters. The first kappa shape index (κ1) is 22.3. The highest BCUT2D eigenvalue weighted by atomic mass is 15.2. The van der Waals surface area contributed by atoms with Gasteiger partial charge in [-0.2, -0.15) is 9.38 Å². The molecular weight excluding hydrogens is 404 g/mol. The molecule has 4 nitrogen and oxygen atoms in total. The average Bonchev–Trinajstić information content (AvgIpc) is 3.10. The zero-order valence-corrected chi connectivity index (χ0v) is 22.1. The Morgan fingerprint density at radius 3 is 2.15 bits per heavy atom.